The summed E-state index contributed by atoms with van der Waals surface area (Å²) < 4.78 is 2.02. The highest BCUT2D eigenvalue weighted by Gasteiger charge is 2.24. The fourth-order valence-electron chi connectivity index (χ4n) is 2.78. The molecule has 0 bridgehead atoms. The van der Waals surface area contributed by atoms with Crippen molar-refractivity contribution in [2.24, 2.45) is 10.9 Å². The van der Waals surface area contributed by atoms with Crippen molar-refractivity contribution in [3.8, 4) is 0 Å². The summed E-state index contributed by atoms with van der Waals surface area (Å²) in [5, 5.41) is 11.4. The van der Waals surface area contributed by atoms with Crippen LogP contribution in [0.3, 0.4) is 0 Å². The van der Waals surface area contributed by atoms with Crippen LogP contribution in [-0.4, -0.2) is 34.3 Å². The lowest BCUT2D eigenvalue weighted by molar-refractivity contribution is 0.395. The predicted octanol–water partition coefficient (Wildman–Crippen LogP) is 2.64. The second kappa shape index (κ2) is 9.32. The van der Waals surface area contributed by atoms with E-state index in [1.54, 1.807) is 0 Å². The van der Waals surface area contributed by atoms with E-state index in [1.165, 1.54) is 12.8 Å². The summed E-state index contributed by atoms with van der Waals surface area (Å²) in [5.74, 6) is 3.43. The summed E-state index contributed by atoms with van der Waals surface area (Å²) in [5.41, 5.74) is 0. The Morgan fingerprint density at radius 1 is 1.41 bits per heavy atom. The molecule has 0 aliphatic carbocycles. The highest BCUT2D eigenvalue weighted by atomic mass is 127. The van der Waals surface area contributed by atoms with E-state index < -0.39 is 0 Å². The lowest BCUT2D eigenvalue weighted by atomic mass is 10.0. The number of halogens is 1. The first-order chi connectivity index (χ1) is 10.2. The molecular formula is C15H29IN6. The number of nitrogens with one attached hydrogen (secondary N) is 2. The van der Waals surface area contributed by atoms with Crippen molar-refractivity contribution < 1.29 is 0 Å². The Hall–Kier alpha value is -0.860. The lowest BCUT2D eigenvalue weighted by Gasteiger charge is -2.25. The van der Waals surface area contributed by atoms with Crippen LogP contribution in [0.4, 0.5) is 0 Å². The molecule has 0 amide bonds. The fourth-order valence-corrected chi connectivity index (χ4v) is 2.78. The normalized spacial score (nSPS) is 17.9. The van der Waals surface area contributed by atoms with Crippen LogP contribution in [-0.2, 0) is 6.54 Å². The predicted molar refractivity (Wildman–Crippen MR) is 101 cm³/mol. The average molecular weight is 420 g/mol. The van der Waals surface area contributed by atoms with Gasteiger partial charge in [-0.1, -0.05) is 26.7 Å². The van der Waals surface area contributed by atoms with E-state index in [9.17, 15) is 0 Å². The standard InChI is InChI=1S/C15H28N6.HI/c1-5-12(6-2)10-17-15(16-4)19-13-8-7-9-21-14(13)18-11(3)20-21;/h12-13H,5-10H2,1-4H3,(H2,16,17,19);1H. The molecule has 1 aliphatic rings. The third-order valence-corrected chi connectivity index (χ3v) is 4.23. The van der Waals surface area contributed by atoms with Crippen LogP contribution >= 0.6 is 24.0 Å². The van der Waals surface area contributed by atoms with Crippen LogP contribution in [0.1, 0.15) is 57.2 Å². The molecule has 0 radical (unpaired) electrons. The zero-order valence-corrected chi connectivity index (χ0v) is 16.4. The number of hydrogen-bond donors (Lipinski definition) is 2. The molecule has 1 aromatic rings. The van der Waals surface area contributed by atoms with Crippen molar-refractivity contribution in [1.82, 2.24) is 25.4 Å². The Morgan fingerprint density at radius 3 is 2.77 bits per heavy atom. The van der Waals surface area contributed by atoms with Crippen LogP contribution in [0.25, 0.3) is 0 Å². The maximum absolute atomic E-state index is 4.55. The van der Waals surface area contributed by atoms with Gasteiger partial charge in [-0.05, 0) is 25.7 Å². The van der Waals surface area contributed by atoms with Crippen molar-refractivity contribution >= 4 is 29.9 Å². The smallest absolute Gasteiger partial charge is 0.191 e. The van der Waals surface area contributed by atoms with Gasteiger partial charge in [-0.2, -0.15) is 5.10 Å². The van der Waals surface area contributed by atoms with Gasteiger partial charge < -0.3 is 10.6 Å². The number of aromatic nitrogens is 3. The van der Waals surface area contributed by atoms with E-state index in [4.69, 9.17) is 0 Å². The van der Waals surface area contributed by atoms with Gasteiger partial charge in [0, 0.05) is 20.1 Å². The number of guanidine groups is 1. The van der Waals surface area contributed by atoms with Crippen LogP contribution in [0, 0.1) is 12.8 Å². The topological polar surface area (TPSA) is 67.1 Å². The zero-order valence-electron chi connectivity index (χ0n) is 14.1. The van der Waals surface area contributed by atoms with Crippen LogP contribution in [0.15, 0.2) is 4.99 Å². The summed E-state index contributed by atoms with van der Waals surface area (Å²) in [6, 6.07) is 0.202. The van der Waals surface area contributed by atoms with Gasteiger partial charge in [0.05, 0.1) is 6.04 Å². The van der Waals surface area contributed by atoms with E-state index in [0.29, 0.717) is 5.92 Å². The lowest BCUT2D eigenvalue weighted by Crippen LogP contribution is -2.43. The Labute approximate surface area is 150 Å². The molecule has 1 atom stereocenters. The number of fused-ring (bicyclic) bond motifs is 1. The molecule has 7 heteroatoms. The number of rotatable bonds is 5. The second-order valence-electron chi connectivity index (χ2n) is 5.72. The summed E-state index contributed by atoms with van der Waals surface area (Å²) in [4.78, 5) is 8.89. The first kappa shape index (κ1) is 19.2. The molecule has 6 nitrogen and oxygen atoms in total. The molecule has 22 heavy (non-hydrogen) atoms. The minimum atomic E-state index is 0. The maximum atomic E-state index is 4.55. The maximum Gasteiger partial charge on any atom is 0.191 e. The Morgan fingerprint density at radius 2 is 2.14 bits per heavy atom. The third kappa shape index (κ3) is 4.82. The van der Waals surface area contributed by atoms with Gasteiger partial charge in [0.2, 0.25) is 0 Å². The zero-order chi connectivity index (χ0) is 15.2. The number of aryl methyl sites for hydroxylation is 2. The molecule has 0 aromatic carbocycles. The summed E-state index contributed by atoms with van der Waals surface area (Å²) in [6.07, 6.45) is 4.58. The van der Waals surface area contributed by atoms with Gasteiger partial charge in [0.1, 0.15) is 11.6 Å². The molecule has 2 N–H and O–H groups in total. The highest BCUT2D eigenvalue weighted by molar-refractivity contribution is 14.0. The average Bonchev–Trinajstić information content (AvgIpc) is 2.88. The van der Waals surface area contributed by atoms with Crippen LogP contribution < -0.4 is 10.6 Å². The molecule has 0 saturated heterocycles. The molecule has 0 fully saturated rings. The molecule has 1 aromatic heterocycles. The molecule has 2 heterocycles. The molecule has 1 unspecified atom stereocenters. The third-order valence-electron chi connectivity index (χ3n) is 4.23. The number of hydrogen-bond acceptors (Lipinski definition) is 3. The first-order valence-corrected chi connectivity index (χ1v) is 8.06. The first-order valence-electron chi connectivity index (χ1n) is 8.06. The van der Waals surface area contributed by atoms with Crippen molar-refractivity contribution in [1.29, 1.82) is 0 Å². The Balaban J connectivity index is 0.00000242. The summed E-state index contributed by atoms with van der Waals surface area (Å²) in [6.45, 7) is 8.35. The van der Waals surface area contributed by atoms with Crippen molar-refractivity contribution in [3.05, 3.63) is 11.6 Å². The van der Waals surface area contributed by atoms with E-state index in [1.807, 2.05) is 18.7 Å². The summed E-state index contributed by atoms with van der Waals surface area (Å²) in [7, 11) is 1.82. The van der Waals surface area contributed by atoms with Crippen LogP contribution in [0.2, 0.25) is 0 Å². The molecule has 0 saturated carbocycles. The molecule has 2 rings (SSSR count). The molecular weight excluding hydrogens is 391 g/mol. The van der Waals surface area contributed by atoms with Crippen LogP contribution in [0.5, 0.6) is 0 Å². The monoisotopic (exact) mass is 420 g/mol. The summed E-state index contributed by atoms with van der Waals surface area (Å²) >= 11 is 0. The van der Waals surface area contributed by atoms with E-state index >= 15 is 0 Å². The van der Waals surface area contributed by atoms with Gasteiger partial charge in [-0.3, -0.25) is 4.99 Å². The Bertz CT molecular complexity index is 480. The SMILES string of the molecule is CCC(CC)CNC(=NC)NC1CCCn2nc(C)nc21.I. The van der Waals surface area contributed by atoms with E-state index in [0.717, 1.165) is 43.5 Å². The van der Waals surface area contributed by atoms with E-state index in [2.05, 4.69) is 39.6 Å². The van der Waals surface area contributed by atoms with Gasteiger partial charge >= 0.3 is 0 Å². The fraction of sp³-hybridized carbons (Fsp3) is 0.800. The molecule has 0 spiro atoms. The van der Waals surface area contributed by atoms with Gasteiger partial charge in [-0.25, -0.2) is 9.67 Å². The van der Waals surface area contributed by atoms with Crippen molar-refractivity contribution in [2.75, 3.05) is 13.6 Å². The van der Waals surface area contributed by atoms with E-state index in [-0.39, 0.29) is 30.0 Å². The molecule has 1 aliphatic heterocycles. The number of nitrogens with zero attached hydrogens (tertiary/aromatic N) is 4. The number of aliphatic imine (C=N–C) groups is 1. The molecule has 126 valence electrons. The van der Waals surface area contributed by atoms with Gasteiger partial charge in [0.15, 0.2) is 5.96 Å². The largest absolute Gasteiger partial charge is 0.356 e. The highest BCUT2D eigenvalue weighted by Crippen LogP contribution is 2.22. The minimum absolute atomic E-state index is 0. The van der Waals surface area contributed by atoms with Crippen molar-refractivity contribution in [3.63, 3.8) is 0 Å². The minimum Gasteiger partial charge on any atom is -0.356 e. The van der Waals surface area contributed by atoms with Crippen molar-refractivity contribution in [2.45, 2.75) is 59.0 Å². The van der Waals surface area contributed by atoms with Gasteiger partial charge in [0.25, 0.3) is 0 Å². The Kier molecular flexibility index (Phi) is 8.13. The quantitative estimate of drug-likeness (QED) is 0.437. The van der Waals surface area contributed by atoms with Gasteiger partial charge in [-0.15, -0.1) is 24.0 Å². The second-order valence-corrected chi connectivity index (χ2v) is 5.72.